The van der Waals surface area contributed by atoms with Gasteiger partial charge in [0.15, 0.2) is 0 Å². The van der Waals surface area contributed by atoms with Crippen molar-refractivity contribution in [2.75, 3.05) is 0 Å². The Morgan fingerprint density at radius 3 is 2.05 bits per heavy atom. The predicted octanol–water partition coefficient (Wildman–Crippen LogP) is 3.10. The minimum Gasteiger partial charge on any atom is -0.390 e. The maximum atomic E-state index is 10.4. The van der Waals surface area contributed by atoms with Crippen LogP contribution in [0.15, 0.2) is 60.7 Å². The largest absolute Gasteiger partial charge is 0.390 e. The molecular formula is C17H20O2. The van der Waals surface area contributed by atoms with Crippen LogP contribution >= 0.6 is 0 Å². The molecule has 19 heavy (non-hydrogen) atoms. The molecule has 0 saturated heterocycles. The zero-order valence-electron chi connectivity index (χ0n) is 11.2. The topological polar surface area (TPSA) is 40.5 Å². The highest BCUT2D eigenvalue weighted by atomic mass is 16.3. The first-order chi connectivity index (χ1) is 9.07. The van der Waals surface area contributed by atoms with E-state index < -0.39 is 11.7 Å². The third-order valence-electron chi connectivity index (χ3n) is 3.25. The molecule has 2 atom stereocenters. The van der Waals surface area contributed by atoms with Gasteiger partial charge >= 0.3 is 0 Å². The van der Waals surface area contributed by atoms with Gasteiger partial charge in [-0.3, -0.25) is 0 Å². The van der Waals surface area contributed by atoms with Crippen LogP contribution in [-0.2, 0) is 6.42 Å². The Bertz CT molecular complexity index is 491. The van der Waals surface area contributed by atoms with E-state index in [0.717, 1.165) is 11.1 Å². The lowest BCUT2D eigenvalue weighted by Gasteiger charge is -2.26. The van der Waals surface area contributed by atoms with Gasteiger partial charge in [0.05, 0.1) is 11.7 Å². The summed E-state index contributed by atoms with van der Waals surface area (Å²) in [5, 5.41) is 20.6. The second-order valence-electron chi connectivity index (χ2n) is 5.29. The van der Waals surface area contributed by atoms with E-state index in [1.807, 2.05) is 60.7 Å². The van der Waals surface area contributed by atoms with Gasteiger partial charge in [-0.15, -0.1) is 0 Å². The zero-order chi connectivity index (χ0) is 13.7. The average molecular weight is 256 g/mol. The van der Waals surface area contributed by atoms with E-state index in [0.29, 0.717) is 12.8 Å². The van der Waals surface area contributed by atoms with Crippen LogP contribution in [-0.4, -0.2) is 15.8 Å². The lowest BCUT2D eigenvalue weighted by Crippen LogP contribution is -2.29. The molecule has 0 bridgehead atoms. The Balaban J connectivity index is 2.01. The van der Waals surface area contributed by atoms with Crippen LogP contribution in [0.25, 0.3) is 0 Å². The molecule has 2 N–H and O–H groups in total. The highest BCUT2D eigenvalue weighted by Gasteiger charge is 2.25. The summed E-state index contributed by atoms with van der Waals surface area (Å²) < 4.78 is 0. The molecular weight excluding hydrogens is 236 g/mol. The fraction of sp³-hybridized carbons (Fsp3) is 0.294. The first-order valence-corrected chi connectivity index (χ1v) is 6.56. The van der Waals surface area contributed by atoms with E-state index in [2.05, 4.69) is 0 Å². The molecule has 0 aliphatic carbocycles. The van der Waals surface area contributed by atoms with Crippen molar-refractivity contribution < 1.29 is 10.2 Å². The van der Waals surface area contributed by atoms with Crippen LogP contribution in [0.2, 0.25) is 0 Å². The minimum absolute atomic E-state index is 0.325. The average Bonchev–Trinajstić information content (AvgIpc) is 2.39. The summed E-state index contributed by atoms with van der Waals surface area (Å²) in [6, 6.07) is 19.3. The van der Waals surface area contributed by atoms with Gasteiger partial charge in [0, 0.05) is 12.8 Å². The molecule has 0 saturated carbocycles. The minimum atomic E-state index is -0.920. The molecule has 2 aromatic rings. The summed E-state index contributed by atoms with van der Waals surface area (Å²) in [5.74, 6) is 0. The van der Waals surface area contributed by atoms with Crippen molar-refractivity contribution in [1.29, 1.82) is 0 Å². The summed E-state index contributed by atoms with van der Waals surface area (Å²) in [7, 11) is 0. The van der Waals surface area contributed by atoms with Gasteiger partial charge in [-0.25, -0.2) is 0 Å². The molecule has 0 aromatic heterocycles. The molecule has 0 aliphatic heterocycles. The lowest BCUT2D eigenvalue weighted by atomic mass is 9.89. The SMILES string of the molecule is C[C@](O)(Cc1ccccc1)C[C@@H](O)c1ccccc1. The van der Waals surface area contributed by atoms with Crippen molar-refractivity contribution in [3.05, 3.63) is 71.8 Å². The number of hydrogen-bond acceptors (Lipinski definition) is 2. The Kier molecular flexibility index (Phi) is 4.35. The molecule has 0 unspecified atom stereocenters. The van der Waals surface area contributed by atoms with Gasteiger partial charge in [0.1, 0.15) is 0 Å². The van der Waals surface area contributed by atoms with E-state index in [1.54, 1.807) is 6.92 Å². The van der Waals surface area contributed by atoms with Gasteiger partial charge in [-0.1, -0.05) is 60.7 Å². The molecule has 0 spiro atoms. The third-order valence-corrected chi connectivity index (χ3v) is 3.25. The van der Waals surface area contributed by atoms with Crippen LogP contribution in [0.4, 0.5) is 0 Å². The molecule has 0 fully saturated rings. The van der Waals surface area contributed by atoms with E-state index in [-0.39, 0.29) is 0 Å². The van der Waals surface area contributed by atoms with Crippen molar-refractivity contribution in [1.82, 2.24) is 0 Å². The van der Waals surface area contributed by atoms with E-state index >= 15 is 0 Å². The van der Waals surface area contributed by atoms with Crippen molar-refractivity contribution in [3.63, 3.8) is 0 Å². The second kappa shape index (κ2) is 6.00. The molecule has 2 nitrogen and oxygen atoms in total. The standard InChI is InChI=1S/C17H20O2/c1-17(19,12-14-8-4-2-5-9-14)13-16(18)15-10-6-3-7-11-15/h2-11,16,18-19H,12-13H2,1H3/t16-,17+/m1/s1. The van der Waals surface area contributed by atoms with E-state index in [9.17, 15) is 10.2 Å². The molecule has 0 heterocycles. The second-order valence-corrected chi connectivity index (χ2v) is 5.29. The van der Waals surface area contributed by atoms with Crippen LogP contribution in [0.5, 0.6) is 0 Å². The number of rotatable bonds is 5. The summed E-state index contributed by atoms with van der Waals surface area (Å²) >= 11 is 0. The van der Waals surface area contributed by atoms with Crippen LogP contribution in [0.1, 0.15) is 30.6 Å². The highest BCUT2D eigenvalue weighted by Crippen LogP contribution is 2.26. The Labute approximate surface area is 114 Å². The number of hydrogen-bond donors (Lipinski definition) is 2. The van der Waals surface area contributed by atoms with E-state index in [4.69, 9.17) is 0 Å². The molecule has 2 heteroatoms. The number of aliphatic hydroxyl groups excluding tert-OH is 1. The fourth-order valence-corrected chi connectivity index (χ4v) is 2.32. The van der Waals surface area contributed by atoms with Crippen molar-refractivity contribution in [2.45, 2.75) is 31.5 Å². The maximum absolute atomic E-state index is 10.4. The summed E-state index contributed by atoms with van der Waals surface area (Å²) in [4.78, 5) is 0. The lowest BCUT2D eigenvalue weighted by molar-refractivity contribution is 0.00348. The molecule has 0 amide bonds. The number of aliphatic hydroxyl groups is 2. The third kappa shape index (κ3) is 4.19. The summed E-state index contributed by atoms with van der Waals surface area (Å²) in [6.45, 7) is 1.77. The highest BCUT2D eigenvalue weighted by molar-refractivity contribution is 5.19. The van der Waals surface area contributed by atoms with Gasteiger partial charge in [-0.05, 0) is 18.1 Å². The number of benzene rings is 2. The smallest absolute Gasteiger partial charge is 0.0817 e. The molecule has 2 rings (SSSR count). The predicted molar refractivity (Wildman–Crippen MR) is 76.8 cm³/mol. The van der Waals surface area contributed by atoms with E-state index in [1.165, 1.54) is 0 Å². The molecule has 2 aromatic carbocycles. The zero-order valence-corrected chi connectivity index (χ0v) is 11.2. The Morgan fingerprint density at radius 1 is 0.947 bits per heavy atom. The van der Waals surface area contributed by atoms with Crippen molar-refractivity contribution in [3.8, 4) is 0 Å². The van der Waals surface area contributed by atoms with Crippen LogP contribution in [0.3, 0.4) is 0 Å². The van der Waals surface area contributed by atoms with Gasteiger partial charge in [-0.2, -0.15) is 0 Å². The fourth-order valence-electron chi connectivity index (χ4n) is 2.32. The summed E-state index contributed by atoms with van der Waals surface area (Å²) in [6.07, 6.45) is 0.226. The first-order valence-electron chi connectivity index (χ1n) is 6.56. The maximum Gasteiger partial charge on any atom is 0.0817 e. The van der Waals surface area contributed by atoms with Crippen molar-refractivity contribution in [2.24, 2.45) is 0 Å². The van der Waals surface area contributed by atoms with Gasteiger partial charge < -0.3 is 10.2 Å². The Morgan fingerprint density at radius 2 is 1.47 bits per heavy atom. The molecule has 100 valence electrons. The van der Waals surface area contributed by atoms with Crippen LogP contribution < -0.4 is 0 Å². The Hall–Kier alpha value is -1.64. The monoisotopic (exact) mass is 256 g/mol. The quantitative estimate of drug-likeness (QED) is 0.863. The molecule has 0 aliphatic rings. The van der Waals surface area contributed by atoms with Crippen LogP contribution in [0, 0.1) is 0 Å². The first kappa shape index (κ1) is 13.8. The molecule has 0 radical (unpaired) electrons. The normalized spacial score (nSPS) is 15.7. The summed E-state index contributed by atoms with van der Waals surface area (Å²) in [5.41, 5.74) is 1.000. The van der Waals surface area contributed by atoms with Crippen molar-refractivity contribution >= 4 is 0 Å². The van der Waals surface area contributed by atoms with Gasteiger partial charge in [0.25, 0.3) is 0 Å². The van der Waals surface area contributed by atoms with Gasteiger partial charge in [0.2, 0.25) is 0 Å².